The molecular weight excluding hydrogens is 328 g/mol. The van der Waals surface area contributed by atoms with Gasteiger partial charge in [0, 0.05) is 23.5 Å². The minimum atomic E-state index is 0.133. The van der Waals surface area contributed by atoms with Crippen LogP contribution in [0.15, 0.2) is 60.0 Å². The van der Waals surface area contributed by atoms with Crippen molar-refractivity contribution in [3.05, 3.63) is 81.8 Å². The van der Waals surface area contributed by atoms with Gasteiger partial charge in [-0.1, -0.05) is 48.5 Å². The average molecular weight is 348 g/mol. The minimum Gasteiger partial charge on any atom is -0.309 e. The van der Waals surface area contributed by atoms with Gasteiger partial charge in [0.2, 0.25) is 5.91 Å². The van der Waals surface area contributed by atoms with E-state index >= 15 is 0 Å². The van der Waals surface area contributed by atoms with Gasteiger partial charge in [0.25, 0.3) is 0 Å². The van der Waals surface area contributed by atoms with Crippen LogP contribution in [0.3, 0.4) is 0 Å². The smallest absolute Gasteiger partial charge is 0.233 e. The summed E-state index contributed by atoms with van der Waals surface area (Å²) >= 11 is 1.63. The summed E-state index contributed by atoms with van der Waals surface area (Å²) in [6.07, 6.45) is 2.12. The van der Waals surface area contributed by atoms with Crippen molar-refractivity contribution in [2.24, 2.45) is 0 Å². The largest absolute Gasteiger partial charge is 0.309 e. The second-order valence-corrected chi connectivity index (χ2v) is 7.46. The van der Waals surface area contributed by atoms with Crippen molar-refractivity contribution in [2.45, 2.75) is 32.2 Å². The summed E-state index contributed by atoms with van der Waals surface area (Å²) in [4.78, 5) is 19.5. The second kappa shape index (κ2) is 6.81. The van der Waals surface area contributed by atoms with Crippen LogP contribution in [0.5, 0.6) is 0 Å². The molecule has 3 aromatic rings. The summed E-state index contributed by atoms with van der Waals surface area (Å²) in [7, 11) is 0. The van der Waals surface area contributed by atoms with Crippen LogP contribution < -0.4 is 4.90 Å². The van der Waals surface area contributed by atoms with E-state index in [1.807, 2.05) is 46.7 Å². The predicted octanol–water partition coefficient (Wildman–Crippen LogP) is 4.25. The molecule has 4 heteroatoms. The topological polar surface area (TPSA) is 33.2 Å². The van der Waals surface area contributed by atoms with Gasteiger partial charge >= 0.3 is 0 Å². The highest BCUT2D eigenvalue weighted by molar-refractivity contribution is 7.09. The average Bonchev–Trinajstić information content (AvgIpc) is 3.18. The molecule has 0 N–H and O–H groups in total. The van der Waals surface area contributed by atoms with Crippen LogP contribution in [0, 0.1) is 0 Å². The Balaban J connectivity index is 1.47. The highest BCUT2D eigenvalue weighted by atomic mass is 32.1. The Morgan fingerprint density at radius 2 is 1.92 bits per heavy atom. The van der Waals surface area contributed by atoms with E-state index in [-0.39, 0.29) is 11.9 Å². The Morgan fingerprint density at radius 1 is 1.16 bits per heavy atom. The van der Waals surface area contributed by atoms with Crippen LogP contribution in [-0.2, 0) is 24.1 Å². The fraction of sp³-hybridized carbons (Fsp3) is 0.238. The van der Waals surface area contributed by atoms with Crippen molar-refractivity contribution in [3.63, 3.8) is 0 Å². The summed E-state index contributed by atoms with van der Waals surface area (Å²) in [6, 6.07) is 18.7. The quantitative estimate of drug-likeness (QED) is 0.706. The monoisotopic (exact) mass is 348 g/mol. The molecule has 0 saturated carbocycles. The molecule has 4 rings (SSSR count). The molecule has 2 aromatic carbocycles. The highest BCUT2D eigenvalue weighted by Gasteiger charge is 2.30. The third-order valence-corrected chi connectivity index (χ3v) is 5.50. The van der Waals surface area contributed by atoms with E-state index in [4.69, 9.17) is 0 Å². The maximum absolute atomic E-state index is 12.8. The molecule has 1 aliphatic heterocycles. The molecule has 1 aromatic heterocycles. The molecule has 2 heterocycles. The molecule has 0 saturated heterocycles. The fourth-order valence-electron chi connectivity index (χ4n) is 3.47. The molecule has 0 bridgehead atoms. The van der Waals surface area contributed by atoms with E-state index in [2.05, 4.69) is 30.1 Å². The van der Waals surface area contributed by atoms with Crippen molar-refractivity contribution in [1.29, 1.82) is 0 Å². The Kier molecular flexibility index (Phi) is 4.36. The SMILES string of the molecule is CC1Cc2ccccc2N1C(=O)Cc1csc(Cc2ccccc2)n1. The summed E-state index contributed by atoms with van der Waals surface area (Å²) in [5.74, 6) is 0.133. The molecular formula is C21H20N2OS. The molecule has 126 valence electrons. The molecule has 0 aliphatic carbocycles. The number of aromatic nitrogens is 1. The van der Waals surface area contributed by atoms with Gasteiger partial charge in [0.05, 0.1) is 17.1 Å². The number of hydrogen-bond acceptors (Lipinski definition) is 3. The van der Waals surface area contributed by atoms with E-state index in [9.17, 15) is 4.79 Å². The van der Waals surface area contributed by atoms with E-state index in [1.165, 1.54) is 11.1 Å². The van der Waals surface area contributed by atoms with Crippen LogP contribution in [0.4, 0.5) is 5.69 Å². The summed E-state index contributed by atoms with van der Waals surface area (Å²) in [5, 5.41) is 3.08. The maximum Gasteiger partial charge on any atom is 0.233 e. The summed E-state index contributed by atoms with van der Waals surface area (Å²) in [6.45, 7) is 2.11. The first kappa shape index (κ1) is 16.0. The number of hydrogen-bond donors (Lipinski definition) is 0. The minimum absolute atomic E-state index is 0.133. The first-order valence-electron chi connectivity index (χ1n) is 8.58. The first-order chi connectivity index (χ1) is 12.2. The normalized spacial score (nSPS) is 16.0. The second-order valence-electron chi connectivity index (χ2n) is 6.52. The molecule has 1 aliphatic rings. The number of thiazole rings is 1. The standard InChI is InChI=1S/C21H20N2OS/c1-15-11-17-9-5-6-10-19(17)23(15)21(24)13-18-14-25-20(22-18)12-16-7-3-2-4-8-16/h2-10,14-15H,11-13H2,1H3. The van der Waals surface area contributed by atoms with Gasteiger partial charge in [-0.05, 0) is 30.5 Å². The van der Waals surface area contributed by atoms with Crippen molar-refractivity contribution in [1.82, 2.24) is 4.98 Å². The van der Waals surface area contributed by atoms with Crippen LogP contribution in [0.1, 0.15) is 28.8 Å². The van der Waals surface area contributed by atoms with Crippen molar-refractivity contribution >= 4 is 22.9 Å². The predicted molar refractivity (Wildman–Crippen MR) is 102 cm³/mol. The highest BCUT2D eigenvalue weighted by Crippen LogP contribution is 2.32. The van der Waals surface area contributed by atoms with Gasteiger partial charge in [-0.3, -0.25) is 4.79 Å². The lowest BCUT2D eigenvalue weighted by molar-refractivity contribution is -0.118. The lowest BCUT2D eigenvalue weighted by atomic mass is 10.1. The first-order valence-corrected chi connectivity index (χ1v) is 9.46. The van der Waals surface area contributed by atoms with Crippen molar-refractivity contribution < 1.29 is 4.79 Å². The molecule has 1 atom stereocenters. The number of benzene rings is 2. The summed E-state index contributed by atoms with van der Waals surface area (Å²) in [5.41, 5.74) is 4.43. The molecule has 1 amide bonds. The molecule has 0 spiro atoms. The number of para-hydroxylation sites is 1. The van der Waals surface area contributed by atoms with Crippen LogP contribution in [-0.4, -0.2) is 16.9 Å². The number of carbonyl (C=O) groups excluding carboxylic acids is 1. The zero-order chi connectivity index (χ0) is 17.2. The number of carbonyl (C=O) groups is 1. The molecule has 0 radical (unpaired) electrons. The van der Waals surface area contributed by atoms with Gasteiger partial charge in [-0.2, -0.15) is 0 Å². The molecule has 1 unspecified atom stereocenters. The van der Waals surface area contributed by atoms with Crippen molar-refractivity contribution in [3.8, 4) is 0 Å². The number of anilines is 1. The van der Waals surface area contributed by atoms with Gasteiger partial charge in [0.1, 0.15) is 0 Å². The fourth-order valence-corrected chi connectivity index (χ4v) is 4.30. The van der Waals surface area contributed by atoms with E-state index in [1.54, 1.807) is 11.3 Å². The molecule has 25 heavy (non-hydrogen) atoms. The van der Waals surface area contributed by atoms with Gasteiger partial charge in [-0.15, -0.1) is 11.3 Å². The zero-order valence-corrected chi connectivity index (χ0v) is 15.0. The molecule has 3 nitrogen and oxygen atoms in total. The molecule has 0 fully saturated rings. The van der Waals surface area contributed by atoms with Crippen LogP contribution >= 0.6 is 11.3 Å². The zero-order valence-electron chi connectivity index (χ0n) is 14.2. The summed E-state index contributed by atoms with van der Waals surface area (Å²) < 4.78 is 0. The number of fused-ring (bicyclic) bond motifs is 1. The Morgan fingerprint density at radius 3 is 2.76 bits per heavy atom. The van der Waals surface area contributed by atoms with E-state index < -0.39 is 0 Å². The lowest BCUT2D eigenvalue weighted by Gasteiger charge is -2.22. The lowest BCUT2D eigenvalue weighted by Crippen LogP contribution is -2.36. The van der Waals surface area contributed by atoms with E-state index in [0.717, 1.165) is 29.2 Å². The van der Waals surface area contributed by atoms with Crippen LogP contribution in [0.2, 0.25) is 0 Å². The Labute approximate surface area is 152 Å². The van der Waals surface area contributed by atoms with Crippen LogP contribution in [0.25, 0.3) is 0 Å². The Bertz CT molecular complexity index is 888. The third-order valence-electron chi connectivity index (χ3n) is 4.61. The van der Waals surface area contributed by atoms with Gasteiger partial charge in [-0.25, -0.2) is 4.98 Å². The number of nitrogens with zero attached hydrogens (tertiary/aromatic N) is 2. The van der Waals surface area contributed by atoms with E-state index in [0.29, 0.717) is 6.42 Å². The Hall–Kier alpha value is -2.46. The van der Waals surface area contributed by atoms with Gasteiger partial charge in [0.15, 0.2) is 0 Å². The number of rotatable bonds is 4. The maximum atomic E-state index is 12.8. The van der Waals surface area contributed by atoms with Crippen molar-refractivity contribution in [2.75, 3.05) is 4.90 Å². The third kappa shape index (κ3) is 3.35. The number of amides is 1. The van der Waals surface area contributed by atoms with Gasteiger partial charge < -0.3 is 4.90 Å².